The number of aliphatic hydroxyl groups excluding tert-OH is 1. The van der Waals surface area contributed by atoms with Gasteiger partial charge in [0.05, 0.1) is 6.10 Å². The van der Waals surface area contributed by atoms with E-state index in [1.165, 1.54) is 10.4 Å². The quantitative estimate of drug-likeness (QED) is 0.592. The Bertz CT molecular complexity index is 686. The summed E-state index contributed by atoms with van der Waals surface area (Å²) in [6, 6.07) is 21.1. The third kappa shape index (κ3) is 4.63. The van der Waals surface area contributed by atoms with Gasteiger partial charge in [0.25, 0.3) is 8.32 Å². The number of hydrogen-bond donors (Lipinski definition) is 1. The summed E-state index contributed by atoms with van der Waals surface area (Å²) in [6.45, 7) is 9.18. The lowest BCUT2D eigenvalue weighted by molar-refractivity contribution is 0.174. The molecule has 0 spiro atoms. The highest BCUT2D eigenvalue weighted by Gasteiger charge is 2.49. The summed E-state index contributed by atoms with van der Waals surface area (Å²) in [6.07, 6.45) is 3.51. The molecule has 2 rings (SSSR count). The molecule has 3 heteroatoms. The molecule has 1 atom stereocenters. The summed E-state index contributed by atoms with van der Waals surface area (Å²) in [5, 5.41) is 12.6. The van der Waals surface area contributed by atoms with E-state index in [1.807, 2.05) is 19.1 Å². The average Bonchev–Trinajstić information content (AvgIpc) is 2.64. The van der Waals surface area contributed by atoms with E-state index in [9.17, 15) is 5.11 Å². The summed E-state index contributed by atoms with van der Waals surface area (Å²) in [4.78, 5) is 0. The van der Waals surface area contributed by atoms with E-state index >= 15 is 0 Å². The van der Waals surface area contributed by atoms with Crippen LogP contribution in [0.5, 0.6) is 0 Å². The van der Waals surface area contributed by atoms with Crippen molar-refractivity contribution in [2.75, 3.05) is 6.61 Å². The fraction of sp³-hybridized carbons (Fsp3) is 0.348. The van der Waals surface area contributed by atoms with Gasteiger partial charge in [0.2, 0.25) is 0 Å². The van der Waals surface area contributed by atoms with E-state index in [2.05, 4.69) is 75.0 Å². The lowest BCUT2D eigenvalue weighted by atomic mass is 10.2. The Morgan fingerprint density at radius 1 is 1.00 bits per heavy atom. The maximum absolute atomic E-state index is 10.1. The van der Waals surface area contributed by atoms with Crippen LogP contribution < -0.4 is 10.4 Å². The third-order valence-corrected chi connectivity index (χ3v) is 9.65. The van der Waals surface area contributed by atoms with Crippen molar-refractivity contribution in [3.8, 4) is 0 Å². The summed E-state index contributed by atoms with van der Waals surface area (Å²) in [5.41, 5.74) is 2.95. The van der Waals surface area contributed by atoms with Gasteiger partial charge in [-0.15, -0.1) is 5.73 Å². The normalized spacial score (nSPS) is 13.0. The van der Waals surface area contributed by atoms with Crippen molar-refractivity contribution in [1.82, 2.24) is 0 Å². The van der Waals surface area contributed by atoms with E-state index in [0.717, 1.165) is 0 Å². The summed E-state index contributed by atoms with van der Waals surface area (Å²) < 4.78 is 6.74. The zero-order chi connectivity index (χ0) is 19.0. The van der Waals surface area contributed by atoms with Crippen LogP contribution in [0, 0.1) is 0 Å². The van der Waals surface area contributed by atoms with Crippen LogP contribution >= 0.6 is 0 Å². The Kier molecular flexibility index (Phi) is 7.19. The number of aliphatic hydroxyl groups is 1. The molecule has 0 radical (unpaired) electrons. The second-order valence-corrected chi connectivity index (χ2v) is 11.8. The minimum absolute atomic E-state index is 0.0418. The van der Waals surface area contributed by atoms with Gasteiger partial charge in [-0.3, -0.25) is 0 Å². The van der Waals surface area contributed by atoms with Gasteiger partial charge in [-0.05, 0) is 40.9 Å². The first kappa shape index (κ1) is 20.4. The van der Waals surface area contributed by atoms with E-state index in [4.69, 9.17) is 4.43 Å². The van der Waals surface area contributed by atoms with Crippen LogP contribution in [0.3, 0.4) is 0 Å². The summed E-state index contributed by atoms with van der Waals surface area (Å²) in [7, 11) is -2.50. The zero-order valence-corrected chi connectivity index (χ0v) is 17.3. The molecule has 2 aromatic carbocycles. The molecule has 2 nitrogen and oxygen atoms in total. The third-order valence-electron chi connectivity index (χ3n) is 4.60. The zero-order valence-electron chi connectivity index (χ0n) is 16.3. The van der Waals surface area contributed by atoms with E-state index in [0.29, 0.717) is 13.0 Å². The minimum atomic E-state index is -2.50. The van der Waals surface area contributed by atoms with Crippen molar-refractivity contribution in [3.63, 3.8) is 0 Å². The Morgan fingerprint density at radius 2 is 1.50 bits per heavy atom. The molecule has 0 fully saturated rings. The Balaban J connectivity index is 2.42. The molecule has 0 amide bonds. The fourth-order valence-corrected chi connectivity index (χ4v) is 7.96. The van der Waals surface area contributed by atoms with E-state index in [1.54, 1.807) is 12.2 Å². The van der Waals surface area contributed by atoms with Gasteiger partial charge < -0.3 is 9.53 Å². The van der Waals surface area contributed by atoms with Crippen molar-refractivity contribution in [1.29, 1.82) is 0 Å². The molecule has 0 saturated carbocycles. The summed E-state index contributed by atoms with van der Waals surface area (Å²) in [5.74, 6) is 0. The smallest absolute Gasteiger partial charge is 0.261 e. The first-order valence-corrected chi connectivity index (χ1v) is 11.1. The second kappa shape index (κ2) is 9.16. The van der Waals surface area contributed by atoms with Crippen LogP contribution in [0.15, 0.2) is 78.5 Å². The monoisotopic (exact) mass is 366 g/mol. The van der Waals surface area contributed by atoms with Gasteiger partial charge in [0, 0.05) is 6.61 Å². The van der Waals surface area contributed by atoms with Crippen molar-refractivity contribution in [2.24, 2.45) is 0 Å². The molecule has 0 aliphatic carbocycles. The highest BCUT2D eigenvalue weighted by atomic mass is 28.4. The maximum Gasteiger partial charge on any atom is 0.261 e. The van der Waals surface area contributed by atoms with Crippen LogP contribution in [0.25, 0.3) is 0 Å². The molecule has 26 heavy (non-hydrogen) atoms. The first-order valence-electron chi connectivity index (χ1n) is 9.22. The number of hydrogen-bond acceptors (Lipinski definition) is 2. The van der Waals surface area contributed by atoms with Crippen molar-refractivity contribution < 1.29 is 9.53 Å². The van der Waals surface area contributed by atoms with Crippen LogP contribution in [0.1, 0.15) is 34.1 Å². The lowest BCUT2D eigenvalue weighted by Crippen LogP contribution is -2.66. The highest BCUT2D eigenvalue weighted by molar-refractivity contribution is 6.99. The van der Waals surface area contributed by atoms with E-state index in [-0.39, 0.29) is 5.04 Å². The van der Waals surface area contributed by atoms with Gasteiger partial charge in [0.1, 0.15) is 0 Å². The fourth-order valence-electron chi connectivity index (χ4n) is 3.38. The van der Waals surface area contributed by atoms with Gasteiger partial charge in [-0.25, -0.2) is 0 Å². The highest BCUT2D eigenvalue weighted by Crippen LogP contribution is 2.36. The molecular formula is C23H30O2Si. The molecule has 0 heterocycles. The lowest BCUT2D eigenvalue weighted by Gasteiger charge is -2.43. The second-order valence-electron chi connectivity index (χ2n) is 7.49. The van der Waals surface area contributed by atoms with Gasteiger partial charge in [0.15, 0.2) is 0 Å². The largest absolute Gasteiger partial charge is 0.407 e. The predicted octanol–water partition coefficient (Wildman–Crippen LogP) is 4.05. The van der Waals surface area contributed by atoms with Crippen molar-refractivity contribution >= 4 is 18.7 Å². The van der Waals surface area contributed by atoms with Crippen LogP contribution in [-0.4, -0.2) is 26.1 Å². The topological polar surface area (TPSA) is 29.5 Å². The summed E-state index contributed by atoms with van der Waals surface area (Å²) >= 11 is 0. The number of rotatable bonds is 7. The molecule has 1 unspecified atom stereocenters. The van der Waals surface area contributed by atoms with Crippen LogP contribution in [0.4, 0.5) is 0 Å². The molecule has 0 aliphatic heterocycles. The van der Waals surface area contributed by atoms with Gasteiger partial charge in [-0.1, -0.05) is 81.4 Å². The number of benzene rings is 2. The molecule has 0 aromatic heterocycles. The van der Waals surface area contributed by atoms with Gasteiger partial charge in [-0.2, -0.15) is 0 Å². The van der Waals surface area contributed by atoms with Crippen LogP contribution in [-0.2, 0) is 4.43 Å². The van der Waals surface area contributed by atoms with Crippen LogP contribution in [0.2, 0.25) is 5.04 Å². The Hall–Kier alpha value is -1.90. The molecule has 0 aliphatic rings. The molecule has 0 saturated heterocycles. The first-order chi connectivity index (χ1) is 12.4. The Morgan fingerprint density at radius 3 is 1.92 bits per heavy atom. The molecule has 138 valence electrons. The molecule has 1 N–H and O–H groups in total. The van der Waals surface area contributed by atoms with Gasteiger partial charge >= 0.3 is 0 Å². The van der Waals surface area contributed by atoms with Crippen molar-refractivity contribution in [3.05, 3.63) is 78.5 Å². The van der Waals surface area contributed by atoms with Crippen molar-refractivity contribution in [2.45, 2.75) is 45.3 Å². The SMILES string of the molecule is CC=C=CC(O)CCO[Si](c1ccccc1)(c1ccccc1)C(C)(C)C. The average molecular weight is 367 g/mol. The van der Waals surface area contributed by atoms with E-state index < -0.39 is 14.4 Å². The molecule has 0 bridgehead atoms. The predicted molar refractivity (Wildman–Crippen MR) is 113 cm³/mol. The Labute approximate surface area is 159 Å². The maximum atomic E-state index is 10.1. The standard InChI is InChI=1S/C23H30O2Si/c1-5-6-13-20(24)18-19-25-26(23(2,3)4,21-14-9-7-10-15-21)22-16-11-8-12-17-22/h5,7-17,20,24H,18-19H2,1-4H3. The minimum Gasteiger partial charge on any atom is -0.407 e. The molecule has 2 aromatic rings. The molecular weight excluding hydrogens is 336 g/mol.